The van der Waals surface area contributed by atoms with Crippen LogP contribution in [0.3, 0.4) is 0 Å². The summed E-state index contributed by atoms with van der Waals surface area (Å²) in [6.45, 7) is 13.8. The van der Waals surface area contributed by atoms with Gasteiger partial charge in [-0.1, -0.05) is 0 Å². The third kappa shape index (κ3) is 2.75. The molecule has 2 aromatic heterocycles. The number of nitrogens with zero attached hydrogens (tertiary/aromatic N) is 5. The number of aryl methyl sites for hydroxylation is 4. The van der Waals surface area contributed by atoms with Crippen molar-refractivity contribution in [2.75, 3.05) is 13.1 Å². The second-order valence-corrected chi connectivity index (χ2v) is 6.44. The number of aromatic nitrogens is 4. The van der Waals surface area contributed by atoms with Crippen LogP contribution in [-0.2, 0) is 6.54 Å². The molecule has 1 unspecified atom stereocenters. The van der Waals surface area contributed by atoms with Gasteiger partial charge in [0.1, 0.15) is 0 Å². The van der Waals surface area contributed by atoms with E-state index in [-0.39, 0.29) is 0 Å². The van der Waals surface area contributed by atoms with Crippen LogP contribution in [0.4, 0.5) is 0 Å². The van der Waals surface area contributed by atoms with Crippen LogP contribution in [0.1, 0.15) is 35.7 Å². The van der Waals surface area contributed by atoms with E-state index in [4.69, 9.17) is 0 Å². The predicted octanol–water partition coefficient (Wildman–Crippen LogP) is 2.26. The minimum absolute atomic E-state index is 0.510. The Bertz CT molecular complexity index is 633. The molecule has 3 rings (SSSR count). The van der Waals surface area contributed by atoms with E-state index >= 15 is 0 Å². The molecule has 1 atom stereocenters. The lowest BCUT2D eigenvalue weighted by atomic mass is 10.1. The Balaban J connectivity index is 1.58. The highest BCUT2D eigenvalue weighted by atomic mass is 15.4. The summed E-state index contributed by atoms with van der Waals surface area (Å²) in [7, 11) is 0. The van der Waals surface area contributed by atoms with Crippen LogP contribution in [0.2, 0.25) is 0 Å². The van der Waals surface area contributed by atoms with Crippen molar-refractivity contribution in [1.29, 1.82) is 0 Å². The molecule has 0 aliphatic carbocycles. The molecule has 0 radical (unpaired) electrons. The van der Waals surface area contributed by atoms with Crippen molar-refractivity contribution < 1.29 is 0 Å². The first-order valence-corrected chi connectivity index (χ1v) is 7.72. The molecule has 2 aromatic rings. The summed E-state index contributed by atoms with van der Waals surface area (Å²) >= 11 is 0. The molecule has 1 aliphatic heterocycles. The van der Waals surface area contributed by atoms with Gasteiger partial charge in [-0.3, -0.25) is 14.3 Å². The summed E-state index contributed by atoms with van der Waals surface area (Å²) in [5, 5.41) is 9.16. The number of rotatable bonds is 4. The second-order valence-electron chi connectivity index (χ2n) is 6.44. The summed E-state index contributed by atoms with van der Waals surface area (Å²) in [4.78, 5) is 2.51. The van der Waals surface area contributed by atoms with Crippen molar-refractivity contribution in [2.24, 2.45) is 0 Å². The molecule has 1 saturated heterocycles. The fraction of sp³-hybridized carbons (Fsp3) is 0.625. The number of hydrogen-bond acceptors (Lipinski definition) is 3. The summed E-state index contributed by atoms with van der Waals surface area (Å²) < 4.78 is 4.30. The van der Waals surface area contributed by atoms with Gasteiger partial charge in [-0.05, 0) is 46.8 Å². The van der Waals surface area contributed by atoms with Gasteiger partial charge in [-0.15, -0.1) is 0 Å². The zero-order chi connectivity index (χ0) is 15.1. The quantitative estimate of drug-likeness (QED) is 0.866. The normalized spacial score (nSPS) is 18.0. The summed E-state index contributed by atoms with van der Waals surface area (Å²) in [6.07, 6.45) is 0. The van der Waals surface area contributed by atoms with Crippen molar-refractivity contribution in [1.82, 2.24) is 24.5 Å². The van der Waals surface area contributed by atoms with Crippen LogP contribution in [0.5, 0.6) is 0 Å². The molecule has 1 fully saturated rings. The zero-order valence-corrected chi connectivity index (χ0v) is 13.7. The van der Waals surface area contributed by atoms with Crippen molar-refractivity contribution in [2.45, 2.75) is 53.2 Å². The maximum atomic E-state index is 4.60. The maximum Gasteiger partial charge on any atom is 0.0776 e. The smallest absolute Gasteiger partial charge is 0.0776 e. The third-order valence-corrected chi connectivity index (χ3v) is 4.44. The van der Waals surface area contributed by atoms with Crippen LogP contribution in [-0.4, -0.2) is 43.6 Å². The van der Waals surface area contributed by atoms with E-state index in [0.29, 0.717) is 12.1 Å². The van der Waals surface area contributed by atoms with Gasteiger partial charge in [0.15, 0.2) is 0 Å². The van der Waals surface area contributed by atoms with E-state index in [0.717, 1.165) is 31.0 Å². The van der Waals surface area contributed by atoms with E-state index < -0.39 is 0 Å². The number of likely N-dealkylation sites (tertiary alicyclic amines) is 1. The van der Waals surface area contributed by atoms with Crippen LogP contribution >= 0.6 is 0 Å². The largest absolute Gasteiger partial charge is 0.294 e. The Labute approximate surface area is 126 Å². The molecule has 5 nitrogen and oxygen atoms in total. The van der Waals surface area contributed by atoms with Gasteiger partial charge in [-0.2, -0.15) is 10.2 Å². The van der Waals surface area contributed by atoms with Crippen LogP contribution in [0.25, 0.3) is 0 Å². The first-order chi connectivity index (χ1) is 9.94. The topological polar surface area (TPSA) is 38.9 Å². The molecule has 0 bridgehead atoms. The van der Waals surface area contributed by atoms with Gasteiger partial charge in [0.05, 0.1) is 24.0 Å². The maximum absolute atomic E-state index is 4.60. The number of hydrogen-bond donors (Lipinski definition) is 0. The Hall–Kier alpha value is -1.62. The molecule has 0 N–H and O–H groups in total. The third-order valence-electron chi connectivity index (χ3n) is 4.44. The van der Waals surface area contributed by atoms with E-state index in [9.17, 15) is 0 Å². The first-order valence-electron chi connectivity index (χ1n) is 7.72. The van der Waals surface area contributed by atoms with Crippen molar-refractivity contribution in [3.8, 4) is 0 Å². The van der Waals surface area contributed by atoms with Crippen LogP contribution < -0.4 is 0 Å². The molecule has 3 heterocycles. The van der Waals surface area contributed by atoms with E-state index in [1.54, 1.807) is 0 Å². The minimum Gasteiger partial charge on any atom is -0.294 e. The molecule has 0 spiro atoms. The van der Waals surface area contributed by atoms with Crippen LogP contribution in [0, 0.1) is 27.7 Å². The molecule has 0 aromatic carbocycles. The lowest BCUT2D eigenvalue weighted by Gasteiger charge is -2.43. The lowest BCUT2D eigenvalue weighted by molar-refractivity contribution is 0.0498. The lowest BCUT2D eigenvalue weighted by Crippen LogP contribution is -2.53. The molecule has 5 heteroatoms. The van der Waals surface area contributed by atoms with Gasteiger partial charge in [0.2, 0.25) is 0 Å². The molecular formula is C16H25N5. The Kier molecular flexibility index (Phi) is 3.61. The Morgan fingerprint density at radius 1 is 1.05 bits per heavy atom. The monoisotopic (exact) mass is 287 g/mol. The highest BCUT2D eigenvalue weighted by Crippen LogP contribution is 2.25. The first kappa shape index (κ1) is 14.3. The van der Waals surface area contributed by atoms with Gasteiger partial charge >= 0.3 is 0 Å². The Morgan fingerprint density at radius 3 is 2.19 bits per heavy atom. The molecule has 0 saturated carbocycles. The second kappa shape index (κ2) is 5.30. The van der Waals surface area contributed by atoms with E-state index in [1.165, 1.54) is 11.4 Å². The van der Waals surface area contributed by atoms with E-state index in [1.807, 2.05) is 0 Å². The standard InChI is InChI=1S/C16H25N5/c1-11-6-13(3)20(17-11)8-15(5)19-9-16(10-19)21-14(4)7-12(2)18-21/h6-7,15-16H,8-10H2,1-5H3. The zero-order valence-electron chi connectivity index (χ0n) is 13.7. The molecule has 21 heavy (non-hydrogen) atoms. The highest BCUT2D eigenvalue weighted by molar-refractivity contribution is 5.10. The van der Waals surface area contributed by atoms with E-state index in [2.05, 4.69) is 71.2 Å². The summed E-state index contributed by atoms with van der Waals surface area (Å²) in [5.41, 5.74) is 4.73. The Morgan fingerprint density at radius 2 is 1.67 bits per heavy atom. The molecule has 114 valence electrons. The molecular weight excluding hydrogens is 262 g/mol. The SMILES string of the molecule is Cc1cc(C)n(CC(C)N2CC(n3nc(C)cc3C)C2)n1. The van der Waals surface area contributed by atoms with Gasteiger partial charge < -0.3 is 0 Å². The predicted molar refractivity (Wildman–Crippen MR) is 83.5 cm³/mol. The average molecular weight is 287 g/mol. The fourth-order valence-corrected chi connectivity index (χ4v) is 3.24. The van der Waals surface area contributed by atoms with Crippen molar-refractivity contribution in [3.05, 3.63) is 34.9 Å². The summed E-state index contributed by atoms with van der Waals surface area (Å²) in [5.74, 6) is 0. The van der Waals surface area contributed by atoms with Gasteiger partial charge in [-0.25, -0.2) is 0 Å². The van der Waals surface area contributed by atoms with Gasteiger partial charge in [0.25, 0.3) is 0 Å². The highest BCUT2D eigenvalue weighted by Gasteiger charge is 2.33. The van der Waals surface area contributed by atoms with Crippen LogP contribution in [0.15, 0.2) is 12.1 Å². The average Bonchev–Trinajstić information content (AvgIpc) is 2.80. The molecule has 0 amide bonds. The fourth-order valence-electron chi connectivity index (χ4n) is 3.24. The van der Waals surface area contributed by atoms with Gasteiger partial charge in [0, 0.05) is 30.5 Å². The minimum atomic E-state index is 0.510. The van der Waals surface area contributed by atoms with Crippen molar-refractivity contribution >= 4 is 0 Å². The van der Waals surface area contributed by atoms with Crippen molar-refractivity contribution in [3.63, 3.8) is 0 Å². The summed E-state index contributed by atoms with van der Waals surface area (Å²) in [6, 6.07) is 5.33. The molecule has 1 aliphatic rings.